The van der Waals surface area contributed by atoms with Crippen LogP contribution in [0.4, 0.5) is 5.82 Å². The van der Waals surface area contributed by atoms with Gasteiger partial charge in [-0.2, -0.15) is 0 Å². The maximum atomic E-state index is 12.1. The van der Waals surface area contributed by atoms with Crippen LogP contribution in [0.2, 0.25) is 5.02 Å². The number of hydrogen-bond donors (Lipinski definition) is 1. The lowest BCUT2D eigenvalue weighted by Crippen LogP contribution is -2.14. The van der Waals surface area contributed by atoms with Crippen LogP contribution in [0.5, 0.6) is 0 Å². The molecule has 0 radical (unpaired) electrons. The van der Waals surface area contributed by atoms with E-state index in [0.717, 1.165) is 14.7 Å². The van der Waals surface area contributed by atoms with Crippen LogP contribution in [0.3, 0.4) is 0 Å². The lowest BCUT2D eigenvalue weighted by molar-refractivity contribution is 0.102. The van der Waals surface area contributed by atoms with Crippen molar-refractivity contribution in [2.24, 2.45) is 0 Å². The Balaban J connectivity index is 2.25. The van der Waals surface area contributed by atoms with E-state index in [1.54, 1.807) is 18.3 Å². The highest BCUT2D eigenvalue weighted by atomic mass is 127. The minimum Gasteiger partial charge on any atom is -0.306 e. The van der Waals surface area contributed by atoms with Gasteiger partial charge in [-0.3, -0.25) is 4.79 Å². The van der Waals surface area contributed by atoms with Crippen molar-refractivity contribution in [3.8, 4) is 0 Å². The van der Waals surface area contributed by atoms with E-state index in [-0.39, 0.29) is 5.91 Å². The second-order valence-corrected chi connectivity index (χ2v) is 5.91. The van der Waals surface area contributed by atoms with Gasteiger partial charge in [-0.15, -0.1) is 0 Å². The summed E-state index contributed by atoms with van der Waals surface area (Å²) in [7, 11) is 0. The fraction of sp³-hybridized carbons (Fsp3) is 0.143. The van der Waals surface area contributed by atoms with Crippen molar-refractivity contribution in [1.29, 1.82) is 0 Å². The van der Waals surface area contributed by atoms with E-state index < -0.39 is 0 Å². The predicted molar refractivity (Wildman–Crippen MR) is 85.8 cm³/mol. The monoisotopic (exact) mass is 386 g/mol. The molecule has 19 heavy (non-hydrogen) atoms. The van der Waals surface area contributed by atoms with Crippen molar-refractivity contribution >= 4 is 45.9 Å². The molecule has 2 aromatic rings. The first-order chi connectivity index (χ1) is 8.97. The third kappa shape index (κ3) is 3.45. The predicted octanol–water partition coefficient (Wildman–Crippen LogP) is 4.21. The number of aryl methyl sites for hydroxylation is 2. The molecule has 0 bridgehead atoms. The Morgan fingerprint density at radius 2 is 2.05 bits per heavy atom. The van der Waals surface area contributed by atoms with E-state index in [9.17, 15) is 4.79 Å². The van der Waals surface area contributed by atoms with Gasteiger partial charge in [0.25, 0.3) is 5.91 Å². The second kappa shape index (κ2) is 5.88. The van der Waals surface area contributed by atoms with Crippen molar-refractivity contribution in [2.45, 2.75) is 13.8 Å². The Morgan fingerprint density at radius 1 is 1.32 bits per heavy atom. The molecule has 1 aromatic heterocycles. The van der Waals surface area contributed by atoms with Crippen LogP contribution in [0.25, 0.3) is 0 Å². The first-order valence-corrected chi connectivity index (χ1v) is 7.12. The Kier molecular flexibility index (Phi) is 4.42. The Bertz CT molecular complexity index is 643. The number of pyridine rings is 1. The molecule has 0 unspecified atom stereocenters. The zero-order chi connectivity index (χ0) is 14.0. The van der Waals surface area contributed by atoms with Crippen LogP contribution in [0.1, 0.15) is 21.5 Å². The van der Waals surface area contributed by atoms with Gasteiger partial charge in [0.15, 0.2) is 0 Å². The lowest BCUT2D eigenvalue weighted by Gasteiger charge is -2.09. The number of halogens is 2. The molecule has 1 aromatic carbocycles. The van der Waals surface area contributed by atoms with Crippen LogP contribution in [-0.2, 0) is 0 Å². The van der Waals surface area contributed by atoms with E-state index in [2.05, 4.69) is 32.9 Å². The molecule has 2 rings (SSSR count). The number of hydrogen-bond acceptors (Lipinski definition) is 2. The number of benzene rings is 1. The summed E-state index contributed by atoms with van der Waals surface area (Å²) in [6.07, 6.45) is 1.71. The molecule has 3 nitrogen and oxygen atoms in total. The third-order valence-electron chi connectivity index (χ3n) is 2.65. The van der Waals surface area contributed by atoms with Gasteiger partial charge in [0.05, 0.1) is 10.6 Å². The summed E-state index contributed by atoms with van der Waals surface area (Å²) in [6, 6.07) is 7.30. The molecule has 5 heteroatoms. The van der Waals surface area contributed by atoms with Gasteiger partial charge in [-0.25, -0.2) is 4.98 Å². The van der Waals surface area contributed by atoms with E-state index in [1.807, 2.05) is 26.0 Å². The van der Waals surface area contributed by atoms with Crippen LogP contribution in [0, 0.1) is 17.4 Å². The maximum Gasteiger partial charge on any atom is 0.258 e. The highest BCUT2D eigenvalue weighted by molar-refractivity contribution is 14.1. The van der Waals surface area contributed by atoms with Crippen molar-refractivity contribution < 1.29 is 4.79 Å². The minimum absolute atomic E-state index is 0.248. The summed E-state index contributed by atoms with van der Waals surface area (Å²) in [4.78, 5) is 16.4. The Morgan fingerprint density at radius 3 is 2.68 bits per heavy atom. The average molecular weight is 387 g/mol. The summed E-state index contributed by atoms with van der Waals surface area (Å²) in [5.41, 5.74) is 2.39. The van der Waals surface area contributed by atoms with Gasteiger partial charge >= 0.3 is 0 Å². The molecule has 0 aliphatic rings. The van der Waals surface area contributed by atoms with Crippen LogP contribution < -0.4 is 5.32 Å². The van der Waals surface area contributed by atoms with Crippen molar-refractivity contribution in [2.75, 3.05) is 5.32 Å². The van der Waals surface area contributed by atoms with Gasteiger partial charge in [-0.1, -0.05) is 17.7 Å². The summed E-state index contributed by atoms with van der Waals surface area (Å²) in [6.45, 7) is 3.83. The molecule has 0 aliphatic carbocycles. The summed E-state index contributed by atoms with van der Waals surface area (Å²) < 4.78 is 1.03. The Hall–Kier alpha value is -1.14. The van der Waals surface area contributed by atoms with Gasteiger partial charge in [0.1, 0.15) is 5.82 Å². The molecule has 0 saturated heterocycles. The standard InChI is InChI=1S/C14H12ClIN2O/c1-8-3-4-11(12(15)5-8)14(19)18-13-9(2)6-10(16)7-17-13/h3-7H,1-2H3,(H,17,18,19). The minimum atomic E-state index is -0.248. The van der Waals surface area contributed by atoms with Crippen molar-refractivity contribution in [3.63, 3.8) is 0 Å². The van der Waals surface area contributed by atoms with Crippen LogP contribution in [-0.4, -0.2) is 10.9 Å². The molecule has 98 valence electrons. The molecular formula is C14H12ClIN2O. The molecule has 0 aliphatic heterocycles. The molecule has 1 amide bonds. The van der Waals surface area contributed by atoms with Crippen molar-refractivity contribution in [1.82, 2.24) is 4.98 Å². The van der Waals surface area contributed by atoms with Crippen molar-refractivity contribution in [3.05, 3.63) is 55.7 Å². The van der Waals surface area contributed by atoms with E-state index in [0.29, 0.717) is 16.4 Å². The molecular weight excluding hydrogens is 375 g/mol. The smallest absolute Gasteiger partial charge is 0.258 e. The summed E-state index contributed by atoms with van der Waals surface area (Å²) in [5.74, 6) is 0.309. The molecule has 1 N–H and O–H groups in total. The SMILES string of the molecule is Cc1ccc(C(=O)Nc2ncc(I)cc2C)c(Cl)c1. The number of carbonyl (C=O) groups excluding carboxylic acids is 1. The lowest BCUT2D eigenvalue weighted by atomic mass is 10.1. The second-order valence-electron chi connectivity index (χ2n) is 4.26. The molecule has 0 spiro atoms. The molecule has 0 atom stereocenters. The number of rotatable bonds is 2. The summed E-state index contributed by atoms with van der Waals surface area (Å²) in [5, 5.41) is 3.22. The first kappa shape index (κ1) is 14.3. The van der Waals surface area contributed by atoms with Gasteiger partial charge < -0.3 is 5.32 Å². The maximum absolute atomic E-state index is 12.1. The third-order valence-corrected chi connectivity index (χ3v) is 3.55. The zero-order valence-electron chi connectivity index (χ0n) is 10.5. The fourth-order valence-corrected chi connectivity index (χ4v) is 2.58. The molecule has 1 heterocycles. The topological polar surface area (TPSA) is 42.0 Å². The Labute approximate surface area is 130 Å². The number of nitrogens with one attached hydrogen (secondary N) is 1. The molecule has 0 fully saturated rings. The normalized spacial score (nSPS) is 10.3. The van der Waals surface area contributed by atoms with E-state index in [1.165, 1.54) is 0 Å². The number of carbonyl (C=O) groups is 1. The van der Waals surface area contributed by atoms with Crippen LogP contribution in [0.15, 0.2) is 30.5 Å². The zero-order valence-corrected chi connectivity index (χ0v) is 13.4. The number of aromatic nitrogens is 1. The first-order valence-electron chi connectivity index (χ1n) is 5.67. The highest BCUT2D eigenvalue weighted by Crippen LogP contribution is 2.20. The van der Waals surface area contributed by atoms with E-state index >= 15 is 0 Å². The number of amides is 1. The largest absolute Gasteiger partial charge is 0.306 e. The highest BCUT2D eigenvalue weighted by Gasteiger charge is 2.12. The number of anilines is 1. The van der Waals surface area contributed by atoms with Gasteiger partial charge in [0.2, 0.25) is 0 Å². The molecule has 0 saturated carbocycles. The quantitative estimate of drug-likeness (QED) is 0.786. The van der Waals surface area contributed by atoms with Gasteiger partial charge in [-0.05, 0) is 65.8 Å². The van der Waals surface area contributed by atoms with E-state index in [4.69, 9.17) is 11.6 Å². The fourth-order valence-electron chi connectivity index (χ4n) is 1.65. The summed E-state index contributed by atoms with van der Waals surface area (Å²) >= 11 is 8.25. The number of nitrogens with zero attached hydrogens (tertiary/aromatic N) is 1. The van der Waals surface area contributed by atoms with Crippen LogP contribution >= 0.6 is 34.2 Å². The van der Waals surface area contributed by atoms with Gasteiger partial charge in [0, 0.05) is 9.77 Å². The average Bonchev–Trinajstić information content (AvgIpc) is 2.32.